The molecule has 2 aromatic heterocycles. The van der Waals surface area contributed by atoms with Crippen molar-refractivity contribution in [1.82, 2.24) is 9.38 Å². The topological polar surface area (TPSA) is 46.4 Å². The van der Waals surface area contributed by atoms with Crippen molar-refractivity contribution in [1.29, 1.82) is 0 Å². The van der Waals surface area contributed by atoms with Crippen LogP contribution in [0.15, 0.2) is 34.4 Å². The molecule has 0 amide bonds. The first-order valence-corrected chi connectivity index (χ1v) is 7.46. The zero-order valence-corrected chi connectivity index (χ0v) is 12.6. The summed E-state index contributed by atoms with van der Waals surface area (Å²) in [5, 5.41) is 5.23. The minimum Gasteiger partial charge on any atom is -0.378 e. The Morgan fingerprint density at radius 1 is 1.43 bits per heavy atom. The van der Waals surface area contributed by atoms with Crippen molar-refractivity contribution < 1.29 is 4.39 Å². The third-order valence-corrected chi connectivity index (χ3v) is 4.28. The number of benzene rings is 1. The van der Waals surface area contributed by atoms with Gasteiger partial charge in [-0.3, -0.25) is 9.20 Å². The van der Waals surface area contributed by atoms with E-state index in [2.05, 4.69) is 10.3 Å². The molecular weight excluding hydrogens is 313 g/mol. The molecule has 0 unspecified atom stereocenters. The molecule has 0 aliphatic carbocycles. The largest absolute Gasteiger partial charge is 0.378 e. The zero-order valence-electron chi connectivity index (χ0n) is 11.1. The molecule has 0 saturated carbocycles. The van der Waals surface area contributed by atoms with E-state index in [0.29, 0.717) is 27.9 Å². The Hall–Kier alpha value is -1.92. The molecule has 108 valence electrons. The van der Waals surface area contributed by atoms with Gasteiger partial charge < -0.3 is 5.32 Å². The first-order chi connectivity index (χ1) is 10.0. The summed E-state index contributed by atoms with van der Waals surface area (Å²) in [6.07, 6.45) is 0. The van der Waals surface area contributed by atoms with Crippen LogP contribution in [0.5, 0.6) is 0 Å². The summed E-state index contributed by atoms with van der Waals surface area (Å²) in [6, 6.07) is 5.59. The standard InChI is InChI=1S/C14H11ClFN3OS/c1-8-7-21-14-18-10(5-13(20)19(8)14)6-17-12-3-2-9(16)4-11(12)15/h2-5,7,17H,6H2,1H3. The second-order valence-corrected chi connectivity index (χ2v) is 5.80. The number of fused-ring (bicyclic) bond motifs is 1. The van der Waals surface area contributed by atoms with Gasteiger partial charge >= 0.3 is 0 Å². The van der Waals surface area contributed by atoms with Gasteiger partial charge in [-0.15, -0.1) is 11.3 Å². The number of aryl methyl sites for hydroxylation is 1. The van der Waals surface area contributed by atoms with Crippen LogP contribution in [-0.2, 0) is 6.54 Å². The second kappa shape index (κ2) is 5.46. The molecule has 0 bridgehead atoms. The van der Waals surface area contributed by atoms with E-state index in [4.69, 9.17) is 11.6 Å². The molecule has 3 aromatic rings. The lowest BCUT2D eigenvalue weighted by molar-refractivity contribution is 0.628. The van der Waals surface area contributed by atoms with Crippen LogP contribution in [0.2, 0.25) is 5.02 Å². The molecular formula is C14H11ClFN3OS. The van der Waals surface area contributed by atoms with Gasteiger partial charge in [0.1, 0.15) is 5.82 Å². The number of nitrogens with one attached hydrogen (secondary N) is 1. The van der Waals surface area contributed by atoms with E-state index in [0.717, 1.165) is 5.69 Å². The van der Waals surface area contributed by atoms with E-state index < -0.39 is 5.82 Å². The van der Waals surface area contributed by atoms with E-state index in [-0.39, 0.29) is 5.56 Å². The predicted octanol–water partition coefficient (Wildman–Crippen LogP) is 3.47. The molecule has 2 heterocycles. The van der Waals surface area contributed by atoms with E-state index in [1.165, 1.54) is 29.5 Å². The minimum absolute atomic E-state index is 0.110. The number of thiazole rings is 1. The average molecular weight is 324 g/mol. The van der Waals surface area contributed by atoms with Crippen LogP contribution in [0, 0.1) is 12.7 Å². The van der Waals surface area contributed by atoms with Crippen molar-refractivity contribution >= 4 is 33.6 Å². The Balaban J connectivity index is 1.87. The lowest BCUT2D eigenvalue weighted by Crippen LogP contribution is -2.16. The Bertz CT molecular complexity index is 874. The van der Waals surface area contributed by atoms with Gasteiger partial charge in [0.25, 0.3) is 5.56 Å². The maximum Gasteiger partial charge on any atom is 0.259 e. The Labute approximate surface area is 128 Å². The molecule has 1 N–H and O–H groups in total. The summed E-state index contributed by atoms with van der Waals surface area (Å²) in [5.74, 6) is -0.391. The lowest BCUT2D eigenvalue weighted by Gasteiger charge is -2.08. The number of rotatable bonds is 3. The van der Waals surface area contributed by atoms with Gasteiger partial charge in [-0.1, -0.05) is 11.6 Å². The van der Waals surface area contributed by atoms with Crippen LogP contribution in [0.25, 0.3) is 4.96 Å². The molecule has 1 aromatic carbocycles. The van der Waals surface area contributed by atoms with Crippen LogP contribution in [0.3, 0.4) is 0 Å². The lowest BCUT2D eigenvalue weighted by atomic mass is 10.3. The van der Waals surface area contributed by atoms with Gasteiger partial charge in [0.2, 0.25) is 0 Å². The molecule has 0 radical (unpaired) electrons. The van der Waals surface area contributed by atoms with E-state index in [1.54, 1.807) is 10.5 Å². The molecule has 0 aliphatic rings. The van der Waals surface area contributed by atoms with Crippen molar-refractivity contribution in [2.45, 2.75) is 13.5 Å². The first-order valence-electron chi connectivity index (χ1n) is 6.20. The van der Waals surface area contributed by atoms with E-state index >= 15 is 0 Å². The fraction of sp³-hybridized carbons (Fsp3) is 0.143. The summed E-state index contributed by atoms with van der Waals surface area (Å²) in [7, 11) is 0. The normalized spacial score (nSPS) is 11.0. The molecule has 7 heteroatoms. The van der Waals surface area contributed by atoms with Crippen LogP contribution in [0.1, 0.15) is 11.4 Å². The highest BCUT2D eigenvalue weighted by molar-refractivity contribution is 7.15. The summed E-state index contributed by atoms with van der Waals surface area (Å²) in [6.45, 7) is 2.21. The third-order valence-electron chi connectivity index (χ3n) is 3.02. The molecule has 0 atom stereocenters. The van der Waals surface area contributed by atoms with Gasteiger partial charge in [0, 0.05) is 17.1 Å². The number of anilines is 1. The number of hydrogen-bond donors (Lipinski definition) is 1. The van der Waals surface area contributed by atoms with Crippen molar-refractivity contribution in [2.24, 2.45) is 0 Å². The van der Waals surface area contributed by atoms with Gasteiger partial charge in [-0.2, -0.15) is 0 Å². The molecule has 0 spiro atoms. The average Bonchev–Trinajstić information content (AvgIpc) is 2.80. The highest BCUT2D eigenvalue weighted by Gasteiger charge is 2.07. The predicted molar refractivity (Wildman–Crippen MR) is 82.8 cm³/mol. The van der Waals surface area contributed by atoms with Gasteiger partial charge in [0.05, 0.1) is 22.9 Å². The van der Waals surface area contributed by atoms with Crippen LogP contribution >= 0.6 is 22.9 Å². The second-order valence-electron chi connectivity index (χ2n) is 4.56. The summed E-state index contributed by atoms with van der Waals surface area (Å²) in [5.41, 5.74) is 1.97. The highest BCUT2D eigenvalue weighted by Crippen LogP contribution is 2.22. The van der Waals surface area contributed by atoms with Crippen molar-refractivity contribution in [2.75, 3.05) is 5.32 Å². The fourth-order valence-corrected chi connectivity index (χ4v) is 3.13. The van der Waals surface area contributed by atoms with Gasteiger partial charge in [-0.05, 0) is 25.1 Å². The van der Waals surface area contributed by atoms with E-state index in [9.17, 15) is 9.18 Å². The fourth-order valence-electron chi connectivity index (χ4n) is 2.01. The van der Waals surface area contributed by atoms with Crippen molar-refractivity contribution in [3.63, 3.8) is 0 Å². The molecule has 0 fully saturated rings. The SMILES string of the molecule is Cc1csc2nc(CNc3ccc(F)cc3Cl)cc(=O)n12. The number of aromatic nitrogens is 2. The number of hydrogen-bond acceptors (Lipinski definition) is 4. The summed E-state index contributed by atoms with van der Waals surface area (Å²) in [4.78, 5) is 17.1. The van der Waals surface area contributed by atoms with Crippen LogP contribution in [0.4, 0.5) is 10.1 Å². The highest BCUT2D eigenvalue weighted by atomic mass is 35.5. The number of halogens is 2. The number of nitrogens with zero attached hydrogens (tertiary/aromatic N) is 2. The van der Waals surface area contributed by atoms with Crippen molar-refractivity contribution in [3.05, 3.63) is 62.2 Å². The minimum atomic E-state index is -0.391. The smallest absolute Gasteiger partial charge is 0.259 e. The van der Waals surface area contributed by atoms with Gasteiger partial charge in [-0.25, -0.2) is 9.37 Å². The molecule has 0 saturated heterocycles. The summed E-state index contributed by atoms with van der Waals surface area (Å²) >= 11 is 7.36. The van der Waals surface area contributed by atoms with Crippen molar-refractivity contribution in [3.8, 4) is 0 Å². The molecule has 0 aliphatic heterocycles. The zero-order chi connectivity index (χ0) is 15.0. The Morgan fingerprint density at radius 2 is 2.24 bits per heavy atom. The quantitative estimate of drug-likeness (QED) is 0.803. The molecule has 3 rings (SSSR count). The van der Waals surface area contributed by atoms with Crippen LogP contribution in [-0.4, -0.2) is 9.38 Å². The third kappa shape index (κ3) is 2.77. The van der Waals surface area contributed by atoms with Crippen LogP contribution < -0.4 is 10.9 Å². The van der Waals surface area contributed by atoms with Gasteiger partial charge in [0.15, 0.2) is 4.96 Å². The Kier molecular flexibility index (Phi) is 3.65. The van der Waals surface area contributed by atoms with E-state index in [1.807, 2.05) is 12.3 Å². The maximum atomic E-state index is 13.0. The Morgan fingerprint density at radius 3 is 3.00 bits per heavy atom. The first kappa shape index (κ1) is 14.0. The maximum absolute atomic E-state index is 13.0. The monoisotopic (exact) mass is 323 g/mol. The molecule has 4 nitrogen and oxygen atoms in total. The molecule has 21 heavy (non-hydrogen) atoms. The summed E-state index contributed by atoms with van der Waals surface area (Å²) < 4.78 is 14.5.